The van der Waals surface area contributed by atoms with Gasteiger partial charge in [-0.05, 0) is 45.0 Å². The Kier molecular flexibility index (Phi) is 2.67. The van der Waals surface area contributed by atoms with Crippen molar-refractivity contribution in [2.24, 2.45) is 0 Å². The van der Waals surface area contributed by atoms with Crippen molar-refractivity contribution in [2.75, 3.05) is 0 Å². The van der Waals surface area contributed by atoms with E-state index >= 15 is 0 Å². The van der Waals surface area contributed by atoms with Gasteiger partial charge in [0.15, 0.2) is 9.84 Å². The predicted molar refractivity (Wildman–Crippen MR) is 53.3 cm³/mol. The first-order valence-electron chi connectivity index (χ1n) is 4.25. The van der Waals surface area contributed by atoms with E-state index in [1.54, 1.807) is 20.8 Å². The van der Waals surface area contributed by atoms with Gasteiger partial charge in [0, 0.05) is 0 Å². The summed E-state index contributed by atoms with van der Waals surface area (Å²) in [5.74, 6) is -0.433. The van der Waals surface area contributed by atoms with Gasteiger partial charge in [0.1, 0.15) is 5.82 Å². The fraction of sp³-hybridized carbons (Fsp3) is 0.400. The average Bonchev–Trinajstić information content (AvgIpc) is 2.03. The molecule has 0 saturated heterocycles. The van der Waals surface area contributed by atoms with Crippen LogP contribution in [-0.4, -0.2) is 13.2 Å². The van der Waals surface area contributed by atoms with Crippen LogP contribution < -0.4 is 0 Å². The lowest BCUT2D eigenvalue weighted by molar-refractivity contribution is 0.559. The summed E-state index contributed by atoms with van der Waals surface area (Å²) in [7, 11) is -3.36. The normalized spacial score (nSPS) is 12.9. The molecule has 1 aromatic rings. The molecule has 0 spiro atoms. The SMILES string of the molecule is CC(C)(C)S(=O)(=O)c1ccc(F)cc1. The molecule has 0 N–H and O–H groups in total. The predicted octanol–water partition coefficient (Wildman–Crippen LogP) is 2.40. The Hall–Kier alpha value is -0.900. The van der Waals surface area contributed by atoms with Crippen LogP contribution in [0, 0.1) is 5.82 Å². The summed E-state index contributed by atoms with van der Waals surface area (Å²) in [4.78, 5) is 0.159. The largest absolute Gasteiger partial charge is 0.223 e. The lowest BCUT2D eigenvalue weighted by Gasteiger charge is -2.18. The zero-order chi connectivity index (χ0) is 11.0. The minimum Gasteiger partial charge on any atom is -0.223 e. The standard InChI is InChI=1S/C10H13FO2S/c1-10(2,3)14(12,13)9-6-4-8(11)5-7-9/h4-7H,1-3H3. The van der Waals surface area contributed by atoms with Crippen molar-refractivity contribution >= 4 is 9.84 Å². The third-order valence-electron chi connectivity index (χ3n) is 1.93. The van der Waals surface area contributed by atoms with E-state index in [4.69, 9.17) is 0 Å². The second kappa shape index (κ2) is 3.35. The molecular formula is C10H13FO2S. The Morgan fingerprint density at radius 3 is 1.86 bits per heavy atom. The highest BCUT2D eigenvalue weighted by Crippen LogP contribution is 2.24. The van der Waals surface area contributed by atoms with Crippen LogP contribution in [0.3, 0.4) is 0 Å². The minimum atomic E-state index is -3.36. The Balaban J connectivity index is 3.25. The summed E-state index contributed by atoms with van der Waals surface area (Å²) in [6.45, 7) is 4.85. The van der Waals surface area contributed by atoms with Crippen molar-refractivity contribution in [3.05, 3.63) is 30.1 Å². The van der Waals surface area contributed by atoms with Crippen molar-refractivity contribution in [3.63, 3.8) is 0 Å². The van der Waals surface area contributed by atoms with E-state index < -0.39 is 20.4 Å². The van der Waals surface area contributed by atoms with Crippen LogP contribution >= 0.6 is 0 Å². The van der Waals surface area contributed by atoms with E-state index in [2.05, 4.69) is 0 Å². The highest BCUT2D eigenvalue weighted by Gasteiger charge is 2.30. The number of halogens is 1. The number of hydrogen-bond donors (Lipinski definition) is 0. The zero-order valence-corrected chi connectivity index (χ0v) is 9.23. The molecule has 0 heterocycles. The van der Waals surface area contributed by atoms with Gasteiger partial charge in [0.25, 0.3) is 0 Å². The first kappa shape index (κ1) is 11.2. The van der Waals surface area contributed by atoms with E-state index in [9.17, 15) is 12.8 Å². The molecule has 2 nitrogen and oxygen atoms in total. The van der Waals surface area contributed by atoms with Crippen molar-refractivity contribution in [3.8, 4) is 0 Å². The van der Waals surface area contributed by atoms with Crippen molar-refractivity contribution in [2.45, 2.75) is 30.4 Å². The summed E-state index contributed by atoms with van der Waals surface area (Å²) >= 11 is 0. The fourth-order valence-electron chi connectivity index (χ4n) is 0.967. The molecule has 0 radical (unpaired) electrons. The lowest BCUT2D eigenvalue weighted by atomic mass is 10.3. The molecule has 0 unspecified atom stereocenters. The highest BCUT2D eigenvalue weighted by molar-refractivity contribution is 7.92. The summed E-state index contributed by atoms with van der Waals surface area (Å²) < 4.78 is 35.4. The second-order valence-corrected chi connectivity index (χ2v) is 6.77. The van der Waals surface area contributed by atoms with Crippen molar-refractivity contribution in [1.29, 1.82) is 0 Å². The maximum absolute atomic E-state index is 12.6. The fourth-order valence-corrected chi connectivity index (χ4v) is 2.17. The average molecular weight is 216 g/mol. The second-order valence-electron chi connectivity index (χ2n) is 4.07. The van der Waals surface area contributed by atoms with Crippen LogP contribution in [0.5, 0.6) is 0 Å². The molecule has 4 heteroatoms. The van der Waals surface area contributed by atoms with E-state index in [1.807, 2.05) is 0 Å². The maximum atomic E-state index is 12.6. The molecule has 0 aliphatic carbocycles. The van der Waals surface area contributed by atoms with E-state index in [1.165, 1.54) is 12.1 Å². The summed E-state index contributed by atoms with van der Waals surface area (Å²) in [6.07, 6.45) is 0. The molecule has 0 aliphatic heterocycles. The Morgan fingerprint density at radius 2 is 1.50 bits per heavy atom. The van der Waals surface area contributed by atoms with Crippen LogP contribution in [0.25, 0.3) is 0 Å². The van der Waals surface area contributed by atoms with E-state index in [0.29, 0.717) is 0 Å². The maximum Gasteiger partial charge on any atom is 0.183 e. The number of hydrogen-bond acceptors (Lipinski definition) is 2. The van der Waals surface area contributed by atoms with Gasteiger partial charge in [-0.2, -0.15) is 0 Å². The van der Waals surface area contributed by atoms with Crippen LogP contribution in [0.15, 0.2) is 29.2 Å². The molecule has 0 saturated carbocycles. The molecule has 0 fully saturated rings. The van der Waals surface area contributed by atoms with Crippen LogP contribution in [-0.2, 0) is 9.84 Å². The molecule has 14 heavy (non-hydrogen) atoms. The third-order valence-corrected chi connectivity index (χ3v) is 4.44. The highest BCUT2D eigenvalue weighted by atomic mass is 32.2. The first-order valence-corrected chi connectivity index (χ1v) is 5.74. The van der Waals surface area contributed by atoms with Gasteiger partial charge in [0.05, 0.1) is 9.64 Å². The Labute approximate surface area is 83.7 Å². The zero-order valence-electron chi connectivity index (χ0n) is 8.41. The van der Waals surface area contributed by atoms with Crippen LogP contribution in [0.4, 0.5) is 4.39 Å². The van der Waals surface area contributed by atoms with Gasteiger partial charge < -0.3 is 0 Å². The van der Waals surface area contributed by atoms with Crippen LogP contribution in [0.1, 0.15) is 20.8 Å². The molecule has 0 bridgehead atoms. The van der Waals surface area contributed by atoms with Crippen LogP contribution in [0.2, 0.25) is 0 Å². The molecule has 0 amide bonds. The van der Waals surface area contributed by atoms with Gasteiger partial charge in [0.2, 0.25) is 0 Å². The summed E-state index contributed by atoms with van der Waals surface area (Å²) in [5, 5.41) is 0. The quantitative estimate of drug-likeness (QED) is 0.675. The van der Waals surface area contributed by atoms with Gasteiger partial charge in [-0.15, -0.1) is 0 Å². The van der Waals surface area contributed by atoms with E-state index in [-0.39, 0.29) is 4.90 Å². The molecular weight excluding hydrogens is 203 g/mol. The monoisotopic (exact) mass is 216 g/mol. The van der Waals surface area contributed by atoms with Crippen molar-refractivity contribution in [1.82, 2.24) is 0 Å². The van der Waals surface area contributed by atoms with Gasteiger partial charge in [-0.3, -0.25) is 0 Å². The first-order chi connectivity index (χ1) is 6.25. The minimum absolute atomic E-state index is 0.159. The van der Waals surface area contributed by atoms with E-state index in [0.717, 1.165) is 12.1 Å². The van der Waals surface area contributed by atoms with Gasteiger partial charge in [-0.1, -0.05) is 0 Å². The molecule has 1 aromatic carbocycles. The Bertz CT molecular complexity index is 412. The molecule has 1 rings (SSSR count). The number of rotatable bonds is 1. The summed E-state index contributed by atoms with van der Waals surface area (Å²) in [6, 6.07) is 4.88. The van der Waals surface area contributed by atoms with Gasteiger partial charge >= 0.3 is 0 Å². The molecule has 0 aliphatic rings. The Morgan fingerprint density at radius 1 is 1.07 bits per heavy atom. The molecule has 0 aromatic heterocycles. The summed E-state index contributed by atoms with van der Waals surface area (Å²) in [5.41, 5.74) is 0. The number of benzene rings is 1. The molecule has 78 valence electrons. The van der Waals surface area contributed by atoms with Gasteiger partial charge in [-0.25, -0.2) is 12.8 Å². The third kappa shape index (κ3) is 1.95. The number of sulfone groups is 1. The topological polar surface area (TPSA) is 34.1 Å². The molecule has 0 atom stereocenters. The smallest absolute Gasteiger partial charge is 0.183 e. The lowest BCUT2D eigenvalue weighted by Crippen LogP contribution is -2.27. The van der Waals surface area contributed by atoms with Crippen molar-refractivity contribution < 1.29 is 12.8 Å².